The lowest BCUT2D eigenvalue weighted by Gasteiger charge is -2.01. The molecule has 1 heterocycles. The van der Waals surface area contributed by atoms with Gasteiger partial charge in [0.2, 0.25) is 0 Å². The molecule has 0 fully saturated rings. The Kier molecular flexibility index (Phi) is 5.60. The van der Waals surface area contributed by atoms with Crippen LogP contribution in [0.1, 0.15) is 12.2 Å². The maximum Gasteiger partial charge on any atom is 0.137 e. The molecule has 4 nitrogen and oxygen atoms in total. The van der Waals surface area contributed by atoms with E-state index in [-0.39, 0.29) is 0 Å². The van der Waals surface area contributed by atoms with E-state index in [1.165, 1.54) is 12.2 Å². The highest BCUT2D eigenvalue weighted by Gasteiger charge is 1.93. The number of nitrogens with one attached hydrogen (secondary N) is 2. The Morgan fingerprint density at radius 2 is 2.46 bits per heavy atom. The number of hydrogen-bond donors (Lipinski definition) is 2. The van der Waals surface area contributed by atoms with Gasteiger partial charge in [-0.25, -0.2) is 4.98 Å². The lowest BCUT2D eigenvalue weighted by Crippen LogP contribution is -2.19. The molecule has 0 amide bonds. The van der Waals surface area contributed by atoms with Crippen molar-refractivity contribution in [3.63, 3.8) is 0 Å². The Balaban J connectivity index is 1.90. The topological polar surface area (TPSA) is 53.6 Å². The van der Waals surface area contributed by atoms with E-state index in [4.69, 9.17) is 0 Å². The summed E-state index contributed by atoms with van der Waals surface area (Å²) in [5.74, 6) is 2.19. The molecule has 0 bridgehead atoms. The number of H-pyrrole nitrogens is 1. The van der Waals surface area contributed by atoms with E-state index in [0.29, 0.717) is 0 Å². The largest absolute Gasteiger partial charge is 0.316 e. The molecular formula is C8H16N4S. The van der Waals surface area contributed by atoms with E-state index < -0.39 is 0 Å². The zero-order chi connectivity index (χ0) is 9.36. The number of aromatic amines is 1. The summed E-state index contributed by atoms with van der Waals surface area (Å²) in [5, 5.41) is 9.97. The maximum atomic E-state index is 4.04. The predicted molar refractivity (Wildman–Crippen MR) is 56.0 cm³/mol. The van der Waals surface area contributed by atoms with Gasteiger partial charge in [0, 0.05) is 13.0 Å². The fourth-order valence-corrected chi connectivity index (χ4v) is 1.46. The first-order chi connectivity index (χ1) is 6.43. The van der Waals surface area contributed by atoms with Crippen molar-refractivity contribution >= 4 is 11.8 Å². The fraction of sp³-hybridized carbons (Fsp3) is 0.750. The summed E-state index contributed by atoms with van der Waals surface area (Å²) in [7, 11) is 0. The molecule has 0 unspecified atom stereocenters. The lowest BCUT2D eigenvalue weighted by atomic mass is 10.4. The third-order valence-electron chi connectivity index (χ3n) is 1.71. The predicted octanol–water partition coefficient (Wildman–Crippen LogP) is 0.690. The number of thioether (sulfide) groups is 1. The maximum absolute atomic E-state index is 4.04. The van der Waals surface area contributed by atoms with Gasteiger partial charge < -0.3 is 5.32 Å². The monoisotopic (exact) mass is 200 g/mol. The average molecular weight is 200 g/mol. The summed E-state index contributed by atoms with van der Waals surface area (Å²) in [6.07, 6.45) is 5.84. The van der Waals surface area contributed by atoms with Crippen LogP contribution in [0.15, 0.2) is 6.33 Å². The molecule has 0 aliphatic rings. The highest BCUT2D eigenvalue weighted by molar-refractivity contribution is 7.98. The van der Waals surface area contributed by atoms with Crippen LogP contribution in [0, 0.1) is 0 Å². The van der Waals surface area contributed by atoms with E-state index in [0.717, 1.165) is 25.3 Å². The summed E-state index contributed by atoms with van der Waals surface area (Å²) in [6.45, 7) is 2.07. The van der Waals surface area contributed by atoms with Crippen molar-refractivity contribution in [2.75, 3.05) is 25.1 Å². The molecule has 0 spiro atoms. The van der Waals surface area contributed by atoms with Gasteiger partial charge in [0.15, 0.2) is 0 Å². The van der Waals surface area contributed by atoms with Crippen LogP contribution >= 0.6 is 11.8 Å². The molecule has 0 aliphatic carbocycles. The standard InChI is InChI=1S/C8H16N4S/c1-13-6-2-4-9-5-3-8-10-7-11-12-8/h7,9H,2-6H2,1H3,(H,10,11,12). The van der Waals surface area contributed by atoms with Gasteiger partial charge in [0.25, 0.3) is 0 Å². The van der Waals surface area contributed by atoms with Gasteiger partial charge in [-0.2, -0.15) is 16.9 Å². The van der Waals surface area contributed by atoms with Crippen molar-refractivity contribution in [2.45, 2.75) is 12.8 Å². The second-order valence-corrected chi connectivity index (χ2v) is 3.76. The summed E-state index contributed by atoms with van der Waals surface area (Å²) in [6, 6.07) is 0. The Morgan fingerprint density at radius 1 is 1.54 bits per heavy atom. The molecule has 0 saturated heterocycles. The van der Waals surface area contributed by atoms with Crippen molar-refractivity contribution in [1.82, 2.24) is 20.5 Å². The van der Waals surface area contributed by atoms with Gasteiger partial charge in [-0.05, 0) is 25.0 Å². The molecule has 1 aromatic rings. The molecule has 0 atom stereocenters. The summed E-state index contributed by atoms with van der Waals surface area (Å²) in [4.78, 5) is 4.04. The minimum atomic E-state index is 0.930. The highest BCUT2D eigenvalue weighted by atomic mass is 32.2. The minimum absolute atomic E-state index is 0.930. The second kappa shape index (κ2) is 6.91. The van der Waals surface area contributed by atoms with Gasteiger partial charge in [-0.1, -0.05) is 0 Å². The molecule has 13 heavy (non-hydrogen) atoms. The van der Waals surface area contributed by atoms with Crippen LogP contribution in [0.25, 0.3) is 0 Å². The Bertz CT molecular complexity index is 200. The zero-order valence-electron chi connectivity index (χ0n) is 7.92. The fourth-order valence-electron chi connectivity index (χ4n) is 1.02. The molecular weight excluding hydrogens is 184 g/mol. The number of nitrogens with zero attached hydrogens (tertiary/aromatic N) is 2. The van der Waals surface area contributed by atoms with Gasteiger partial charge in [-0.15, -0.1) is 0 Å². The van der Waals surface area contributed by atoms with E-state index in [2.05, 4.69) is 26.8 Å². The van der Waals surface area contributed by atoms with Crippen LogP contribution in [0.3, 0.4) is 0 Å². The van der Waals surface area contributed by atoms with Gasteiger partial charge in [0.1, 0.15) is 12.2 Å². The number of rotatable bonds is 7. The Hall–Kier alpha value is -0.550. The van der Waals surface area contributed by atoms with Crippen LogP contribution in [0.2, 0.25) is 0 Å². The summed E-state index contributed by atoms with van der Waals surface area (Å²) < 4.78 is 0. The van der Waals surface area contributed by atoms with Crippen LogP contribution in [0.4, 0.5) is 0 Å². The normalized spacial score (nSPS) is 10.5. The summed E-state index contributed by atoms with van der Waals surface area (Å²) in [5.41, 5.74) is 0. The van der Waals surface area contributed by atoms with Crippen LogP contribution in [-0.2, 0) is 6.42 Å². The highest BCUT2D eigenvalue weighted by Crippen LogP contribution is 1.93. The molecule has 1 aromatic heterocycles. The Labute approximate surface area is 82.9 Å². The van der Waals surface area contributed by atoms with Crippen LogP contribution < -0.4 is 5.32 Å². The molecule has 74 valence electrons. The average Bonchev–Trinajstić information content (AvgIpc) is 2.63. The first-order valence-electron chi connectivity index (χ1n) is 4.47. The van der Waals surface area contributed by atoms with Crippen molar-refractivity contribution in [3.05, 3.63) is 12.2 Å². The number of aromatic nitrogens is 3. The number of hydrogen-bond acceptors (Lipinski definition) is 4. The quantitative estimate of drug-likeness (QED) is 0.636. The third kappa shape index (κ3) is 4.90. The molecule has 1 rings (SSSR count). The van der Waals surface area contributed by atoms with Crippen molar-refractivity contribution in [2.24, 2.45) is 0 Å². The van der Waals surface area contributed by atoms with Gasteiger partial charge in [-0.3, -0.25) is 5.10 Å². The van der Waals surface area contributed by atoms with E-state index in [9.17, 15) is 0 Å². The zero-order valence-corrected chi connectivity index (χ0v) is 8.73. The smallest absolute Gasteiger partial charge is 0.137 e. The molecule has 0 saturated carbocycles. The van der Waals surface area contributed by atoms with Crippen molar-refractivity contribution < 1.29 is 0 Å². The van der Waals surface area contributed by atoms with Gasteiger partial charge >= 0.3 is 0 Å². The van der Waals surface area contributed by atoms with Crippen LogP contribution in [0.5, 0.6) is 0 Å². The SMILES string of the molecule is CSCCCNCCc1ncn[nH]1. The third-order valence-corrected chi connectivity index (χ3v) is 2.40. The molecule has 2 N–H and O–H groups in total. The van der Waals surface area contributed by atoms with E-state index in [1.807, 2.05) is 11.8 Å². The minimum Gasteiger partial charge on any atom is -0.316 e. The molecule has 5 heteroatoms. The first-order valence-corrected chi connectivity index (χ1v) is 5.87. The lowest BCUT2D eigenvalue weighted by molar-refractivity contribution is 0.662. The van der Waals surface area contributed by atoms with Crippen molar-refractivity contribution in [1.29, 1.82) is 0 Å². The molecule has 0 aromatic carbocycles. The Morgan fingerprint density at radius 3 is 3.15 bits per heavy atom. The van der Waals surface area contributed by atoms with Gasteiger partial charge in [0.05, 0.1) is 0 Å². The summed E-state index contributed by atoms with van der Waals surface area (Å²) >= 11 is 1.89. The van der Waals surface area contributed by atoms with Crippen LogP contribution in [-0.4, -0.2) is 40.3 Å². The molecule has 0 aliphatic heterocycles. The first kappa shape index (κ1) is 10.5. The molecule has 0 radical (unpaired) electrons. The second-order valence-electron chi connectivity index (χ2n) is 2.78. The van der Waals surface area contributed by atoms with E-state index in [1.54, 1.807) is 6.33 Å². The van der Waals surface area contributed by atoms with Crippen molar-refractivity contribution in [3.8, 4) is 0 Å². The van der Waals surface area contributed by atoms with E-state index >= 15 is 0 Å².